The van der Waals surface area contributed by atoms with E-state index in [0.29, 0.717) is 25.5 Å². The van der Waals surface area contributed by atoms with Crippen molar-refractivity contribution in [2.24, 2.45) is 5.92 Å². The molecule has 6 heteroatoms. The van der Waals surface area contributed by atoms with Gasteiger partial charge in [0.25, 0.3) is 0 Å². The van der Waals surface area contributed by atoms with Gasteiger partial charge in [-0.1, -0.05) is 19.9 Å². The summed E-state index contributed by atoms with van der Waals surface area (Å²) in [4.78, 5) is 24.4. The van der Waals surface area contributed by atoms with Gasteiger partial charge < -0.3 is 15.4 Å². The molecule has 0 aliphatic rings. The van der Waals surface area contributed by atoms with Crippen molar-refractivity contribution >= 4 is 23.3 Å². The molecule has 0 fully saturated rings. The Labute approximate surface area is 130 Å². The van der Waals surface area contributed by atoms with Crippen LogP contribution in [0.15, 0.2) is 17.5 Å². The molecule has 1 aromatic rings. The average molecular weight is 312 g/mol. The van der Waals surface area contributed by atoms with E-state index in [4.69, 9.17) is 4.74 Å². The first-order chi connectivity index (χ1) is 10.0. The summed E-state index contributed by atoms with van der Waals surface area (Å²) in [5.74, 6) is 0.392. The van der Waals surface area contributed by atoms with Crippen molar-refractivity contribution in [3.05, 3.63) is 22.4 Å². The van der Waals surface area contributed by atoms with E-state index in [1.807, 2.05) is 17.5 Å². The van der Waals surface area contributed by atoms with Crippen molar-refractivity contribution in [1.82, 2.24) is 10.6 Å². The monoisotopic (exact) mass is 312 g/mol. The maximum Gasteiger partial charge on any atom is 0.407 e. The Balaban J connectivity index is 2.40. The van der Waals surface area contributed by atoms with E-state index in [0.717, 1.165) is 11.3 Å². The molecule has 0 saturated heterocycles. The molecule has 0 saturated carbocycles. The van der Waals surface area contributed by atoms with E-state index in [9.17, 15) is 9.59 Å². The Morgan fingerprint density at radius 3 is 2.71 bits per heavy atom. The standard InChI is InChI=1S/C15H24N2O3S/c1-4-20-15(19)17-12(8-11(2)3)10-16-14(18)9-13-6-5-7-21-13/h5-7,11-12H,4,8-10H2,1-3H3,(H,16,18)(H,17,19). The molecule has 1 heterocycles. The molecule has 1 aromatic heterocycles. The largest absolute Gasteiger partial charge is 0.450 e. The first-order valence-corrected chi connectivity index (χ1v) is 8.11. The van der Waals surface area contributed by atoms with E-state index in [-0.39, 0.29) is 11.9 Å². The first kappa shape index (κ1) is 17.5. The third kappa shape index (κ3) is 7.70. The highest BCUT2D eigenvalue weighted by Gasteiger charge is 2.16. The number of thiophene rings is 1. The number of nitrogens with one attached hydrogen (secondary N) is 2. The summed E-state index contributed by atoms with van der Waals surface area (Å²) in [6.07, 6.45) is 0.736. The summed E-state index contributed by atoms with van der Waals surface area (Å²) in [6, 6.07) is 3.75. The van der Waals surface area contributed by atoms with E-state index in [2.05, 4.69) is 24.5 Å². The zero-order chi connectivity index (χ0) is 15.7. The molecular weight excluding hydrogens is 288 g/mol. The molecule has 2 amide bonds. The quantitative estimate of drug-likeness (QED) is 0.775. The second-order valence-corrected chi connectivity index (χ2v) is 6.28. The fourth-order valence-corrected chi connectivity index (χ4v) is 2.68. The number of alkyl carbamates (subject to hydrolysis) is 1. The van der Waals surface area contributed by atoms with Crippen LogP contribution in [-0.4, -0.2) is 31.2 Å². The van der Waals surface area contributed by atoms with Gasteiger partial charge >= 0.3 is 6.09 Å². The fraction of sp³-hybridized carbons (Fsp3) is 0.600. The molecule has 0 aliphatic heterocycles. The van der Waals surface area contributed by atoms with Crippen LogP contribution >= 0.6 is 11.3 Å². The van der Waals surface area contributed by atoms with Crippen LogP contribution in [0.5, 0.6) is 0 Å². The lowest BCUT2D eigenvalue weighted by molar-refractivity contribution is -0.120. The van der Waals surface area contributed by atoms with Crippen LogP contribution in [0.1, 0.15) is 32.1 Å². The van der Waals surface area contributed by atoms with E-state index >= 15 is 0 Å². The Hall–Kier alpha value is -1.56. The van der Waals surface area contributed by atoms with Crippen LogP contribution in [0.25, 0.3) is 0 Å². The average Bonchev–Trinajstić information content (AvgIpc) is 2.88. The molecule has 1 unspecified atom stereocenters. The number of ether oxygens (including phenoxy) is 1. The van der Waals surface area contributed by atoms with Crippen molar-refractivity contribution in [2.45, 2.75) is 39.7 Å². The summed E-state index contributed by atoms with van der Waals surface area (Å²) in [5, 5.41) is 7.61. The van der Waals surface area contributed by atoms with Crippen LogP contribution in [0.3, 0.4) is 0 Å². The second kappa shape index (κ2) is 9.39. The van der Waals surface area contributed by atoms with Crippen molar-refractivity contribution in [3.63, 3.8) is 0 Å². The minimum atomic E-state index is -0.435. The summed E-state index contributed by atoms with van der Waals surface area (Å²) >= 11 is 1.56. The molecule has 5 nitrogen and oxygen atoms in total. The highest BCUT2D eigenvalue weighted by atomic mass is 32.1. The minimum absolute atomic E-state index is 0.0307. The van der Waals surface area contributed by atoms with Gasteiger partial charge in [0.15, 0.2) is 0 Å². The summed E-state index contributed by atoms with van der Waals surface area (Å²) in [6.45, 7) is 6.67. The molecule has 0 aliphatic carbocycles. The smallest absolute Gasteiger partial charge is 0.407 e. The number of hydrogen-bond acceptors (Lipinski definition) is 4. The Kier molecular flexibility index (Phi) is 7.82. The predicted octanol–water partition coefficient (Wildman–Crippen LogP) is 2.57. The minimum Gasteiger partial charge on any atom is -0.450 e. The van der Waals surface area contributed by atoms with E-state index < -0.39 is 6.09 Å². The molecule has 1 rings (SSSR count). The van der Waals surface area contributed by atoms with Gasteiger partial charge in [0, 0.05) is 17.5 Å². The number of carbonyl (C=O) groups excluding carboxylic acids is 2. The molecule has 2 N–H and O–H groups in total. The van der Waals surface area contributed by atoms with Crippen LogP contribution in [-0.2, 0) is 16.0 Å². The van der Waals surface area contributed by atoms with Crippen LogP contribution < -0.4 is 10.6 Å². The summed E-state index contributed by atoms with van der Waals surface area (Å²) in [5.41, 5.74) is 0. The van der Waals surface area contributed by atoms with Gasteiger partial charge in [0.1, 0.15) is 0 Å². The van der Waals surface area contributed by atoms with Crippen LogP contribution in [0.4, 0.5) is 4.79 Å². The van der Waals surface area contributed by atoms with Crippen molar-refractivity contribution in [2.75, 3.05) is 13.2 Å². The molecule has 0 aromatic carbocycles. The lowest BCUT2D eigenvalue weighted by Gasteiger charge is -2.20. The van der Waals surface area contributed by atoms with Crippen molar-refractivity contribution in [3.8, 4) is 0 Å². The Bertz CT molecular complexity index is 432. The SMILES string of the molecule is CCOC(=O)NC(CNC(=O)Cc1cccs1)CC(C)C. The zero-order valence-corrected chi connectivity index (χ0v) is 13.7. The maximum absolute atomic E-state index is 11.9. The van der Waals surface area contributed by atoms with Crippen LogP contribution in [0.2, 0.25) is 0 Å². The summed E-state index contributed by atoms with van der Waals surface area (Å²) < 4.78 is 4.88. The first-order valence-electron chi connectivity index (χ1n) is 7.23. The molecule has 0 spiro atoms. The Morgan fingerprint density at radius 2 is 2.14 bits per heavy atom. The molecule has 0 bridgehead atoms. The molecular formula is C15H24N2O3S. The van der Waals surface area contributed by atoms with Gasteiger partial charge in [-0.25, -0.2) is 4.79 Å². The van der Waals surface area contributed by atoms with Gasteiger partial charge in [0.05, 0.1) is 13.0 Å². The molecule has 0 radical (unpaired) electrons. The highest BCUT2D eigenvalue weighted by molar-refractivity contribution is 7.10. The van der Waals surface area contributed by atoms with Crippen molar-refractivity contribution in [1.29, 1.82) is 0 Å². The lowest BCUT2D eigenvalue weighted by atomic mass is 10.0. The topological polar surface area (TPSA) is 67.4 Å². The number of hydrogen-bond donors (Lipinski definition) is 2. The molecule has 21 heavy (non-hydrogen) atoms. The number of amides is 2. The van der Waals surface area contributed by atoms with Gasteiger partial charge in [-0.05, 0) is 30.7 Å². The van der Waals surface area contributed by atoms with E-state index in [1.54, 1.807) is 18.3 Å². The normalized spacial score (nSPS) is 12.0. The second-order valence-electron chi connectivity index (χ2n) is 5.25. The van der Waals surface area contributed by atoms with Crippen LogP contribution in [0, 0.1) is 5.92 Å². The third-order valence-electron chi connectivity index (χ3n) is 2.81. The summed E-state index contributed by atoms with van der Waals surface area (Å²) in [7, 11) is 0. The molecule has 118 valence electrons. The fourth-order valence-electron chi connectivity index (χ4n) is 1.97. The number of rotatable bonds is 8. The maximum atomic E-state index is 11.9. The lowest BCUT2D eigenvalue weighted by Crippen LogP contribution is -2.44. The third-order valence-corrected chi connectivity index (χ3v) is 3.69. The predicted molar refractivity (Wildman–Crippen MR) is 84.4 cm³/mol. The van der Waals surface area contributed by atoms with Gasteiger partial charge in [0.2, 0.25) is 5.91 Å². The van der Waals surface area contributed by atoms with Crippen molar-refractivity contribution < 1.29 is 14.3 Å². The zero-order valence-electron chi connectivity index (χ0n) is 12.8. The van der Waals surface area contributed by atoms with Gasteiger partial charge in [-0.2, -0.15) is 0 Å². The Morgan fingerprint density at radius 1 is 1.38 bits per heavy atom. The number of carbonyl (C=O) groups is 2. The molecule has 1 atom stereocenters. The van der Waals surface area contributed by atoms with E-state index in [1.165, 1.54) is 0 Å². The van der Waals surface area contributed by atoms with Gasteiger partial charge in [-0.3, -0.25) is 4.79 Å². The van der Waals surface area contributed by atoms with Gasteiger partial charge in [-0.15, -0.1) is 11.3 Å². The highest BCUT2D eigenvalue weighted by Crippen LogP contribution is 2.09.